The largest absolute Gasteiger partial charge is 0.573 e. The van der Waals surface area contributed by atoms with Crippen molar-refractivity contribution in [3.8, 4) is 11.5 Å². The van der Waals surface area contributed by atoms with Crippen LogP contribution < -0.4 is 9.47 Å². The van der Waals surface area contributed by atoms with E-state index in [2.05, 4.69) is 4.74 Å². The minimum atomic E-state index is -4.83. The number of aliphatic carboxylic acids is 1. The van der Waals surface area contributed by atoms with Crippen LogP contribution in [0.25, 0.3) is 0 Å². The molecule has 0 bridgehead atoms. The highest BCUT2D eigenvalue weighted by atomic mass is 19.4. The second-order valence-corrected chi connectivity index (χ2v) is 4.47. The average molecular weight is 278 g/mol. The maximum atomic E-state index is 12.2. The first-order valence-electron chi connectivity index (χ1n) is 5.33. The molecule has 7 heteroatoms. The van der Waals surface area contributed by atoms with Crippen molar-refractivity contribution in [1.29, 1.82) is 0 Å². The first-order chi connectivity index (χ1) is 8.62. The number of hydrogen-bond acceptors (Lipinski definition) is 3. The molecule has 1 aromatic carbocycles. The van der Waals surface area contributed by atoms with Crippen LogP contribution in [0.1, 0.15) is 13.8 Å². The first kappa shape index (κ1) is 15.1. The van der Waals surface area contributed by atoms with Gasteiger partial charge in [0.15, 0.2) is 11.5 Å². The topological polar surface area (TPSA) is 55.8 Å². The molecule has 1 N–H and O–H groups in total. The number of para-hydroxylation sites is 2. The SMILES string of the molecule is CC(C)(COc1ccccc1OC(F)(F)F)C(=O)O. The summed E-state index contributed by atoms with van der Waals surface area (Å²) < 4.78 is 45.3. The lowest BCUT2D eigenvalue weighted by Gasteiger charge is -2.21. The molecule has 0 aliphatic carbocycles. The lowest BCUT2D eigenvalue weighted by atomic mass is 9.95. The van der Waals surface area contributed by atoms with Crippen molar-refractivity contribution in [1.82, 2.24) is 0 Å². The maximum absolute atomic E-state index is 12.2. The molecule has 0 unspecified atom stereocenters. The summed E-state index contributed by atoms with van der Waals surface area (Å²) >= 11 is 0. The van der Waals surface area contributed by atoms with Crippen LogP contribution in [0.5, 0.6) is 11.5 Å². The zero-order valence-corrected chi connectivity index (χ0v) is 10.3. The van der Waals surface area contributed by atoms with Crippen molar-refractivity contribution in [3.63, 3.8) is 0 Å². The summed E-state index contributed by atoms with van der Waals surface area (Å²) in [6.07, 6.45) is -4.83. The molecule has 0 heterocycles. The number of ether oxygens (including phenoxy) is 2. The van der Waals surface area contributed by atoms with E-state index in [4.69, 9.17) is 9.84 Å². The summed E-state index contributed by atoms with van der Waals surface area (Å²) in [5, 5.41) is 8.88. The van der Waals surface area contributed by atoms with Gasteiger partial charge < -0.3 is 14.6 Å². The number of carbonyl (C=O) groups is 1. The van der Waals surface area contributed by atoms with E-state index in [1.807, 2.05) is 0 Å². The van der Waals surface area contributed by atoms with Crippen molar-refractivity contribution in [3.05, 3.63) is 24.3 Å². The standard InChI is InChI=1S/C12H13F3O4/c1-11(2,10(16)17)7-18-8-5-3-4-6-9(8)19-12(13,14)15/h3-6H,7H2,1-2H3,(H,16,17). The Labute approximate surface area is 107 Å². The fourth-order valence-electron chi connectivity index (χ4n) is 1.10. The van der Waals surface area contributed by atoms with Gasteiger partial charge in [-0.05, 0) is 26.0 Å². The first-order valence-corrected chi connectivity index (χ1v) is 5.33. The zero-order valence-electron chi connectivity index (χ0n) is 10.3. The van der Waals surface area contributed by atoms with Crippen LogP contribution in [0.3, 0.4) is 0 Å². The molecule has 1 rings (SSSR count). The Kier molecular flexibility index (Phi) is 4.28. The lowest BCUT2D eigenvalue weighted by molar-refractivity contribution is -0.275. The van der Waals surface area contributed by atoms with Crippen LogP contribution in [0.4, 0.5) is 13.2 Å². The van der Waals surface area contributed by atoms with E-state index in [1.54, 1.807) is 0 Å². The van der Waals surface area contributed by atoms with Crippen molar-refractivity contribution < 1.29 is 32.5 Å². The molecule has 0 fully saturated rings. The Bertz CT molecular complexity index is 455. The van der Waals surface area contributed by atoms with E-state index in [0.717, 1.165) is 6.07 Å². The zero-order chi connectivity index (χ0) is 14.7. The van der Waals surface area contributed by atoms with E-state index in [0.29, 0.717) is 0 Å². The summed E-state index contributed by atoms with van der Waals surface area (Å²) in [6.45, 7) is 2.53. The molecule has 1 aromatic rings. The lowest BCUT2D eigenvalue weighted by Crippen LogP contribution is -2.30. The van der Waals surface area contributed by atoms with Gasteiger partial charge in [-0.3, -0.25) is 4.79 Å². The number of alkyl halides is 3. The van der Waals surface area contributed by atoms with Crippen LogP contribution in [-0.4, -0.2) is 24.0 Å². The Morgan fingerprint density at radius 1 is 1.21 bits per heavy atom. The molecular weight excluding hydrogens is 265 g/mol. The minimum absolute atomic E-state index is 0.158. The average Bonchev–Trinajstić information content (AvgIpc) is 2.25. The molecule has 0 saturated heterocycles. The van der Waals surface area contributed by atoms with Crippen LogP contribution in [0, 0.1) is 5.41 Å². The Morgan fingerprint density at radius 2 is 1.74 bits per heavy atom. The fourth-order valence-corrected chi connectivity index (χ4v) is 1.10. The number of carboxylic acids is 1. The van der Waals surface area contributed by atoms with E-state index in [1.165, 1.54) is 32.0 Å². The molecular formula is C12H13F3O4. The molecule has 19 heavy (non-hydrogen) atoms. The van der Waals surface area contributed by atoms with E-state index in [9.17, 15) is 18.0 Å². The maximum Gasteiger partial charge on any atom is 0.573 e. The number of rotatable bonds is 5. The highest BCUT2D eigenvalue weighted by Gasteiger charge is 2.33. The van der Waals surface area contributed by atoms with Crippen molar-refractivity contribution in [2.75, 3.05) is 6.61 Å². The summed E-state index contributed by atoms with van der Waals surface area (Å²) in [5.74, 6) is -1.77. The third kappa shape index (κ3) is 4.69. The van der Waals surface area contributed by atoms with Gasteiger partial charge in [0, 0.05) is 0 Å². The van der Waals surface area contributed by atoms with Gasteiger partial charge in [-0.2, -0.15) is 0 Å². The number of hydrogen-bond donors (Lipinski definition) is 1. The molecule has 0 aliphatic heterocycles. The van der Waals surface area contributed by atoms with E-state index >= 15 is 0 Å². The third-order valence-electron chi connectivity index (χ3n) is 2.24. The molecule has 0 radical (unpaired) electrons. The summed E-state index contributed by atoms with van der Waals surface area (Å²) in [7, 11) is 0. The van der Waals surface area contributed by atoms with Crippen LogP contribution >= 0.6 is 0 Å². The van der Waals surface area contributed by atoms with Crippen LogP contribution in [0.15, 0.2) is 24.3 Å². The third-order valence-corrected chi connectivity index (χ3v) is 2.24. The summed E-state index contributed by atoms with van der Waals surface area (Å²) in [5.41, 5.74) is -1.22. The number of carboxylic acid groups (broad SMARTS) is 1. The van der Waals surface area contributed by atoms with Crippen molar-refractivity contribution in [2.24, 2.45) is 5.41 Å². The van der Waals surface area contributed by atoms with Gasteiger partial charge in [-0.1, -0.05) is 12.1 Å². The van der Waals surface area contributed by atoms with E-state index < -0.39 is 23.5 Å². The van der Waals surface area contributed by atoms with Gasteiger partial charge in [-0.15, -0.1) is 13.2 Å². The Hall–Kier alpha value is -1.92. The van der Waals surface area contributed by atoms with Gasteiger partial charge in [0.1, 0.15) is 6.61 Å². The van der Waals surface area contributed by atoms with Gasteiger partial charge in [0.05, 0.1) is 5.41 Å². The molecule has 0 saturated carbocycles. The Morgan fingerprint density at radius 3 is 2.21 bits per heavy atom. The second kappa shape index (κ2) is 5.38. The van der Waals surface area contributed by atoms with Crippen molar-refractivity contribution >= 4 is 5.97 Å². The summed E-state index contributed by atoms with van der Waals surface area (Å²) in [6, 6.07) is 5.19. The minimum Gasteiger partial charge on any atom is -0.489 e. The molecule has 0 spiro atoms. The van der Waals surface area contributed by atoms with Crippen molar-refractivity contribution in [2.45, 2.75) is 20.2 Å². The van der Waals surface area contributed by atoms with Gasteiger partial charge in [0.25, 0.3) is 0 Å². The molecule has 0 atom stereocenters. The van der Waals surface area contributed by atoms with Gasteiger partial charge in [-0.25, -0.2) is 0 Å². The highest BCUT2D eigenvalue weighted by molar-refractivity contribution is 5.73. The Balaban J connectivity index is 2.82. The summed E-state index contributed by atoms with van der Waals surface area (Å²) in [4.78, 5) is 10.9. The normalized spacial score (nSPS) is 12.1. The highest BCUT2D eigenvalue weighted by Crippen LogP contribution is 2.32. The molecule has 4 nitrogen and oxygen atoms in total. The second-order valence-electron chi connectivity index (χ2n) is 4.47. The predicted octanol–water partition coefficient (Wildman–Crippen LogP) is 3.07. The number of benzene rings is 1. The monoisotopic (exact) mass is 278 g/mol. The van der Waals surface area contributed by atoms with E-state index in [-0.39, 0.29) is 12.4 Å². The van der Waals surface area contributed by atoms with Crippen LogP contribution in [0.2, 0.25) is 0 Å². The van der Waals surface area contributed by atoms with Gasteiger partial charge >= 0.3 is 12.3 Å². The van der Waals surface area contributed by atoms with Gasteiger partial charge in [0.2, 0.25) is 0 Å². The molecule has 106 valence electrons. The van der Waals surface area contributed by atoms with Crippen LogP contribution in [-0.2, 0) is 4.79 Å². The fraction of sp³-hybridized carbons (Fsp3) is 0.417. The smallest absolute Gasteiger partial charge is 0.489 e. The molecule has 0 aliphatic rings. The quantitative estimate of drug-likeness (QED) is 0.899. The molecule has 0 aromatic heterocycles. The predicted molar refractivity (Wildman–Crippen MR) is 60.0 cm³/mol. The number of halogens is 3. The molecule has 0 amide bonds.